The second-order valence-electron chi connectivity index (χ2n) is 7.22. The number of benzene rings is 1. The normalized spacial score (nSPS) is 24.1. The van der Waals surface area contributed by atoms with E-state index >= 15 is 0 Å². The van der Waals surface area contributed by atoms with Gasteiger partial charge in [-0.3, -0.25) is 4.90 Å². The van der Waals surface area contributed by atoms with Crippen molar-refractivity contribution in [1.82, 2.24) is 20.0 Å². The van der Waals surface area contributed by atoms with Gasteiger partial charge in [-0.15, -0.1) is 0 Å². The number of aliphatic hydroxyl groups excluding tert-OH is 1. The number of amides is 2. The largest absolute Gasteiger partial charge is 0.497 e. The van der Waals surface area contributed by atoms with Crippen molar-refractivity contribution in [2.45, 2.75) is 18.7 Å². The van der Waals surface area contributed by atoms with Crippen molar-refractivity contribution in [3.63, 3.8) is 0 Å². The summed E-state index contributed by atoms with van der Waals surface area (Å²) in [5, 5.41) is 13.4. The first-order chi connectivity index (χ1) is 13.0. The fourth-order valence-corrected chi connectivity index (χ4v) is 3.75. The quantitative estimate of drug-likeness (QED) is 0.763. The number of carbonyl (C=O) groups is 1. The molecule has 2 amide bonds. The van der Waals surface area contributed by atoms with E-state index in [-0.39, 0.29) is 12.1 Å². The van der Waals surface area contributed by atoms with Gasteiger partial charge in [-0.1, -0.05) is 0 Å². The van der Waals surface area contributed by atoms with Gasteiger partial charge in [0.15, 0.2) is 0 Å². The van der Waals surface area contributed by atoms with Crippen LogP contribution in [0.5, 0.6) is 11.5 Å². The molecule has 3 rings (SSSR count). The lowest BCUT2D eigenvalue weighted by atomic mass is 10.1. The molecule has 8 heteroatoms. The molecule has 2 N–H and O–H groups in total. The third kappa shape index (κ3) is 4.63. The molecule has 150 valence electrons. The Morgan fingerprint density at radius 2 is 1.93 bits per heavy atom. The molecular formula is C19H30N4O4. The number of methoxy groups -OCH3 is 2. The molecule has 2 fully saturated rings. The third-order valence-electron chi connectivity index (χ3n) is 5.47. The zero-order chi connectivity index (χ0) is 19.4. The summed E-state index contributed by atoms with van der Waals surface area (Å²) in [5.41, 5.74) is 0.848. The third-order valence-corrected chi connectivity index (χ3v) is 5.47. The Labute approximate surface area is 160 Å². The number of hydrogen-bond donors (Lipinski definition) is 2. The Hall–Kier alpha value is -2.03. The molecule has 0 radical (unpaired) electrons. The fraction of sp³-hybridized carbons (Fsp3) is 0.632. The van der Waals surface area contributed by atoms with Crippen LogP contribution in [0.3, 0.4) is 0 Å². The van der Waals surface area contributed by atoms with Crippen molar-refractivity contribution < 1.29 is 19.4 Å². The maximum Gasteiger partial charge on any atom is 0.317 e. The molecule has 2 saturated heterocycles. The smallest absolute Gasteiger partial charge is 0.317 e. The van der Waals surface area contributed by atoms with Crippen LogP contribution in [0.2, 0.25) is 0 Å². The number of piperazine rings is 1. The predicted octanol–water partition coefficient (Wildman–Crippen LogP) is 0.206. The van der Waals surface area contributed by atoms with Gasteiger partial charge in [-0.25, -0.2) is 4.79 Å². The number of urea groups is 1. The Balaban J connectivity index is 1.56. The van der Waals surface area contributed by atoms with Gasteiger partial charge in [-0.05, 0) is 25.2 Å². The van der Waals surface area contributed by atoms with E-state index in [1.54, 1.807) is 19.1 Å². The molecule has 2 atom stereocenters. The maximum absolute atomic E-state index is 12.6. The predicted molar refractivity (Wildman–Crippen MR) is 102 cm³/mol. The highest BCUT2D eigenvalue weighted by Crippen LogP contribution is 2.24. The summed E-state index contributed by atoms with van der Waals surface area (Å²) in [5.74, 6) is 1.42. The molecule has 2 aliphatic heterocycles. The molecule has 0 unspecified atom stereocenters. The molecular weight excluding hydrogens is 348 g/mol. The van der Waals surface area contributed by atoms with Crippen LogP contribution in [-0.4, -0.2) is 98.5 Å². The Morgan fingerprint density at radius 1 is 1.19 bits per heavy atom. The van der Waals surface area contributed by atoms with E-state index in [0.29, 0.717) is 31.1 Å². The minimum Gasteiger partial charge on any atom is -0.497 e. The number of hydrogen-bond acceptors (Lipinski definition) is 6. The van der Waals surface area contributed by atoms with Crippen molar-refractivity contribution in [2.75, 3.05) is 60.5 Å². The van der Waals surface area contributed by atoms with Crippen molar-refractivity contribution in [1.29, 1.82) is 0 Å². The molecule has 8 nitrogen and oxygen atoms in total. The Morgan fingerprint density at radius 3 is 2.59 bits per heavy atom. The van der Waals surface area contributed by atoms with Gasteiger partial charge in [0.05, 0.1) is 26.4 Å². The van der Waals surface area contributed by atoms with E-state index in [1.165, 1.54) is 0 Å². The monoisotopic (exact) mass is 378 g/mol. The van der Waals surface area contributed by atoms with Crippen molar-refractivity contribution in [2.24, 2.45) is 0 Å². The topological polar surface area (TPSA) is 77.5 Å². The maximum atomic E-state index is 12.6. The van der Waals surface area contributed by atoms with Crippen LogP contribution in [0.1, 0.15) is 5.56 Å². The summed E-state index contributed by atoms with van der Waals surface area (Å²) in [7, 11) is 5.31. The van der Waals surface area contributed by atoms with Crippen LogP contribution in [0.4, 0.5) is 4.79 Å². The van der Waals surface area contributed by atoms with Gasteiger partial charge >= 0.3 is 6.03 Å². The Kier molecular flexibility index (Phi) is 6.41. The number of nitrogens with zero attached hydrogens (tertiary/aromatic N) is 3. The lowest BCUT2D eigenvalue weighted by Crippen LogP contribution is -2.52. The van der Waals surface area contributed by atoms with Gasteiger partial charge < -0.3 is 29.7 Å². The lowest BCUT2D eigenvalue weighted by molar-refractivity contribution is 0.0512. The van der Waals surface area contributed by atoms with E-state index in [1.807, 2.05) is 18.2 Å². The SMILES string of the molecule is COc1ccc(OC)c(CNC(=O)N2C[C@H](O)[C@@H](N3CCN(C)CC3)C2)c1. The van der Waals surface area contributed by atoms with Crippen molar-refractivity contribution >= 4 is 6.03 Å². The van der Waals surface area contributed by atoms with Crippen LogP contribution in [-0.2, 0) is 6.54 Å². The van der Waals surface area contributed by atoms with Gasteiger partial charge in [0.1, 0.15) is 11.5 Å². The highest BCUT2D eigenvalue weighted by atomic mass is 16.5. The molecule has 1 aromatic carbocycles. The molecule has 27 heavy (non-hydrogen) atoms. The molecule has 0 spiro atoms. The highest BCUT2D eigenvalue weighted by molar-refractivity contribution is 5.74. The highest BCUT2D eigenvalue weighted by Gasteiger charge is 2.38. The van der Waals surface area contributed by atoms with E-state index in [2.05, 4.69) is 22.2 Å². The Bertz CT molecular complexity index is 649. The van der Waals surface area contributed by atoms with Crippen LogP contribution < -0.4 is 14.8 Å². The van der Waals surface area contributed by atoms with E-state index < -0.39 is 6.10 Å². The van der Waals surface area contributed by atoms with E-state index in [9.17, 15) is 9.90 Å². The molecule has 0 bridgehead atoms. The average Bonchev–Trinajstić information content (AvgIpc) is 3.08. The van der Waals surface area contributed by atoms with Crippen LogP contribution in [0, 0.1) is 0 Å². The number of β-amino-alcohol motifs (C(OH)–C–C–N with tert-alkyl or cyclic N) is 1. The minimum absolute atomic E-state index is 0.0100. The number of rotatable bonds is 5. The first kappa shape index (κ1) is 19.7. The summed E-state index contributed by atoms with van der Waals surface area (Å²) >= 11 is 0. The van der Waals surface area contributed by atoms with E-state index in [4.69, 9.17) is 9.47 Å². The fourth-order valence-electron chi connectivity index (χ4n) is 3.75. The van der Waals surface area contributed by atoms with Crippen LogP contribution in [0.15, 0.2) is 18.2 Å². The number of likely N-dealkylation sites (N-methyl/N-ethyl adjacent to an activating group) is 1. The number of aliphatic hydroxyl groups is 1. The summed E-state index contributed by atoms with van der Waals surface area (Å²) < 4.78 is 10.6. The number of likely N-dealkylation sites (tertiary alicyclic amines) is 1. The summed E-state index contributed by atoms with van der Waals surface area (Å²) in [4.78, 5) is 18.9. The second-order valence-corrected chi connectivity index (χ2v) is 7.22. The molecule has 2 heterocycles. The van der Waals surface area contributed by atoms with Gasteiger partial charge in [-0.2, -0.15) is 0 Å². The number of nitrogens with one attached hydrogen (secondary N) is 1. The van der Waals surface area contributed by atoms with Crippen molar-refractivity contribution in [3.8, 4) is 11.5 Å². The molecule has 0 aliphatic carbocycles. The zero-order valence-electron chi connectivity index (χ0n) is 16.4. The molecule has 0 saturated carbocycles. The van der Waals surface area contributed by atoms with Gasteiger partial charge in [0, 0.05) is 51.4 Å². The standard InChI is InChI=1S/C19H30N4O4/c1-21-6-8-22(9-7-21)16-12-23(13-17(16)24)19(25)20-11-14-10-15(26-2)4-5-18(14)27-3/h4-5,10,16-17,24H,6-9,11-13H2,1-3H3,(H,20,25)/t16-,17-/m0/s1. The van der Waals surface area contributed by atoms with E-state index in [0.717, 1.165) is 31.7 Å². The van der Waals surface area contributed by atoms with Gasteiger partial charge in [0.25, 0.3) is 0 Å². The zero-order valence-corrected chi connectivity index (χ0v) is 16.4. The summed E-state index contributed by atoms with van der Waals surface area (Å²) in [6, 6.07) is 5.34. The molecule has 2 aliphatic rings. The first-order valence-electron chi connectivity index (χ1n) is 9.36. The number of ether oxygens (including phenoxy) is 2. The molecule has 0 aromatic heterocycles. The summed E-state index contributed by atoms with van der Waals surface area (Å²) in [6.07, 6.45) is -0.509. The average molecular weight is 378 g/mol. The van der Waals surface area contributed by atoms with Crippen LogP contribution in [0.25, 0.3) is 0 Å². The van der Waals surface area contributed by atoms with Gasteiger partial charge in [0.2, 0.25) is 0 Å². The first-order valence-corrected chi connectivity index (χ1v) is 9.36. The van der Waals surface area contributed by atoms with Crippen LogP contribution >= 0.6 is 0 Å². The molecule has 1 aromatic rings. The minimum atomic E-state index is -0.509. The second kappa shape index (κ2) is 8.77. The number of carbonyl (C=O) groups excluding carboxylic acids is 1. The summed E-state index contributed by atoms with van der Waals surface area (Å²) in [6.45, 7) is 5.08. The lowest BCUT2D eigenvalue weighted by Gasteiger charge is -2.37. The van der Waals surface area contributed by atoms with Crippen molar-refractivity contribution in [3.05, 3.63) is 23.8 Å².